The molecule has 0 bridgehead atoms. The Kier molecular flexibility index (Phi) is 2.79. The van der Waals surface area contributed by atoms with Gasteiger partial charge in [0.15, 0.2) is 0 Å². The molecule has 0 aliphatic carbocycles. The zero-order valence-corrected chi connectivity index (χ0v) is 8.46. The standard InChI is InChI=1S/C10H12ClNO2/c11-9-2-1-7(12)5-10(9)14-8-3-4-13-6-8/h1-2,5,8H,3-4,6,12H2. The van der Waals surface area contributed by atoms with Crippen LogP contribution in [0.5, 0.6) is 5.75 Å². The number of nitrogen functional groups attached to an aromatic ring is 1. The summed E-state index contributed by atoms with van der Waals surface area (Å²) in [5.74, 6) is 0.641. The van der Waals surface area contributed by atoms with Crippen molar-refractivity contribution >= 4 is 17.3 Å². The van der Waals surface area contributed by atoms with Crippen molar-refractivity contribution in [1.82, 2.24) is 0 Å². The van der Waals surface area contributed by atoms with E-state index in [0.29, 0.717) is 23.1 Å². The van der Waals surface area contributed by atoms with Gasteiger partial charge in [0, 0.05) is 18.2 Å². The molecular formula is C10H12ClNO2. The fraction of sp³-hybridized carbons (Fsp3) is 0.400. The quantitative estimate of drug-likeness (QED) is 0.766. The molecule has 0 amide bonds. The maximum atomic E-state index is 5.95. The number of anilines is 1. The molecule has 1 aromatic carbocycles. The van der Waals surface area contributed by atoms with Crippen LogP contribution in [0.3, 0.4) is 0 Å². The van der Waals surface area contributed by atoms with Gasteiger partial charge in [0.2, 0.25) is 0 Å². The lowest BCUT2D eigenvalue weighted by Gasteiger charge is -2.13. The number of benzene rings is 1. The largest absolute Gasteiger partial charge is 0.486 e. The fourth-order valence-electron chi connectivity index (χ4n) is 1.40. The molecule has 2 rings (SSSR count). The normalized spacial score (nSPS) is 21.1. The zero-order chi connectivity index (χ0) is 9.97. The van der Waals surface area contributed by atoms with Gasteiger partial charge >= 0.3 is 0 Å². The van der Waals surface area contributed by atoms with Crippen LogP contribution in [0.2, 0.25) is 5.02 Å². The van der Waals surface area contributed by atoms with Gasteiger partial charge in [-0.05, 0) is 12.1 Å². The molecule has 2 N–H and O–H groups in total. The predicted molar refractivity (Wildman–Crippen MR) is 55.7 cm³/mol. The molecule has 14 heavy (non-hydrogen) atoms. The van der Waals surface area contributed by atoms with Crippen molar-refractivity contribution in [2.45, 2.75) is 12.5 Å². The Morgan fingerprint density at radius 3 is 3.07 bits per heavy atom. The summed E-state index contributed by atoms with van der Waals surface area (Å²) < 4.78 is 10.9. The summed E-state index contributed by atoms with van der Waals surface area (Å²) in [5, 5.41) is 0.589. The van der Waals surface area contributed by atoms with Crippen LogP contribution in [-0.4, -0.2) is 19.3 Å². The predicted octanol–water partition coefficient (Wildman–Crippen LogP) is 2.09. The first kappa shape index (κ1) is 9.62. The van der Waals surface area contributed by atoms with Crippen LogP contribution in [0.15, 0.2) is 18.2 Å². The summed E-state index contributed by atoms with van der Waals surface area (Å²) in [5.41, 5.74) is 6.29. The average Bonchev–Trinajstić information content (AvgIpc) is 2.64. The first-order chi connectivity index (χ1) is 6.75. The molecule has 4 heteroatoms. The number of rotatable bonds is 2. The average molecular weight is 214 g/mol. The van der Waals surface area contributed by atoms with E-state index in [-0.39, 0.29) is 6.10 Å². The highest BCUT2D eigenvalue weighted by Gasteiger charge is 2.18. The van der Waals surface area contributed by atoms with Gasteiger partial charge in [-0.15, -0.1) is 0 Å². The van der Waals surface area contributed by atoms with Crippen molar-refractivity contribution in [2.75, 3.05) is 18.9 Å². The van der Waals surface area contributed by atoms with E-state index in [1.807, 2.05) is 0 Å². The first-order valence-corrected chi connectivity index (χ1v) is 4.93. The molecule has 1 aromatic rings. The van der Waals surface area contributed by atoms with Crippen LogP contribution < -0.4 is 10.5 Å². The Labute approximate surface area is 87.8 Å². The van der Waals surface area contributed by atoms with Gasteiger partial charge in [-0.25, -0.2) is 0 Å². The van der Waals surface area contributed by atoms with E-state index in [0.717, 1.165) is 13.0 Å². The summed E-state index contributed by atoms with van der Waals surface area (Å²) >= 11 is 5.95. The summed E-state index contributed by atoms with van der Waals surface area (Å²) in [7, 11) is 0. The molecular weight excluding hydrogens is 202 g/mol. The second-order valence-corrected chi connectivity index (χ2v) is 3.70. The minimum Gasteiger partial charge on any atom is -0.486 e. The molecule has 0 aromatic heterocycles. The molecule has 76 valence electrons. The van der Waals surface area contributed by atoms with E-state index >= 15 is 0 Å². The van der Waals surface area contributed by atoms with Crippen molar-refractivity contribution in [3.63, 3.8) is 0 Å². The van der Waals surface area contributed by atoms with Crippen LogP contribution in [0.25, 0.3) is 0 Å². The molecule has 1 heterocycles. The Morgan fingerprint density at radius 2 is 2.36 bits per heavy atom. The van der Waals surface area contributed by atoms with Crippen LogP contribution in [0, 0.1) is 0 Å². The number of hydrogen-bond donors (Lipinski definition) is 1. The second kappa shape index (κ2) is 4.07. The number of nitrogens with two attached hydrogens (primary N) is 1. The Balaban J connectivity index is 2.10. The van der Waals surface area contributed by atoms with Gasteiger partial charge in [-0.2, -0.15) is 0 Å². The highest BCUT2D eigenvalue weighted by Crippen LogP contribution is 2.28. The molecule has 1 aliphatic rings. The highest BCUT2D eigenvalue weighted by molar-refractivity contribution is 6.32. The summed E-state index contributed by atoms with van der Waals surface area (Å²) in [6.07, 6.45) is 1.01. The van der Waals surface area contributed by atoms with Crippen molar-refractivity contribution in [3.05, 3.63) is 23.2 Å². The smallest absolute Gasteiger partial charge is 0.140 e. The van der Waals surface area contributed by atoms with Crippen molar-refractivity contribution in [3.8, 4) is 5.75 Å². The molecule has 1 fully saturated rings. The Hall–Kier alpha value is -0.930. The lowest BCUT2D eigenvalue weighted by molar-refractivity contribution is 0.141. The number of halogens is 1. The van der Waals surface area contributed by atoms with Gasteiger partial charge < -0.3 is 15.2 Å². The number of hydrogen-bond acceptors (Lipinski definition) is 3. The summed E-state index contributed by atoms with van der Waals surface area (Å²) in [6.45, 7) is 1.38. The highest BCUT2D eigenvalue weighted by atomic mass is 35.5. The molecule has 1 saturated heterocycles. The SMILES string of the molecule is Nc1ccc(Cl)c(OC2CCOC2)c1. The van der Waals surface area contributed by atoms with E-state index in [9.17, 15) is 0 Å². The maximum absolute atomic E-state index is 5.95. The molecule has 1 unspecified atom stereocenters. The van der Waals surface area contributed by atoms with Crippen LogP contribution in [-0.2, 0) is 4.74 Å². The van der Waals surface area contributed by atoms with E-state index in [4.69, 9.17) is 26.8 Å². The van der Waals surface area contributed by atoms with Crippen molar-refractivity contribution in [2.24, 2.45) is 0 Å². The zero-order valence-electron chi connectivity index (χ0n) is 7.70. The molecule has 1 aliphatic heterocycles. The molecule has 0 radical (unpaired) electrons. The van der Waals surface area contributed by atoms with Gasteiger partial charge in [0.1, 0.15) is 11.9 Å². The number of ether oxygens (including phenoxy) is 2. The minimum absolute atomic E-state index is 0.106. The maximum Gasteiger partial charge on any atom is 0.140 e. The lowest BCUT2D eigenvalue weighted by atomic mass is 10.3. The lowest BCUT2D eigenvalue weighted by Crippen LogP contribution is -2.15. The minimum atomic E-state index is 0.106. The van der Waals surface area contributed by atoms with E-state index in [1.165, 1.54) is 0 Å². The van der Waals surface area contributed by atoms with Crippen molar-refractivity contribution in [1.29, 1.82) is 0 Å². The van der Waals surface area contributed by atoms with E-state index < -0.39 is 0 Å². The summed E-state index contributed by atoms with van der Waals surface area (Å²) in [6, 6.07) is 5.23. The third-order valence-electron chi connectivity index (χ3n) is 2.14. The first-order valence-electron chi connectivity index (χ1n) is 4.55. The van der Waals surface area contributed by atoms with Crippen LogP contribution >= 0.6 is 11.6 Å². The van der Waals surface area contributed by atoms with Gasteiger partial charge in [0.05, 0.1) is 18.2 Å². The fourth-order valence-corrected chi connectivity index (χ4v) is 1.56. The topological polar surface area (TPSA) is 44.5 Å². The molecule has 0 saturated carbocycles. The molecule has 3 nitrogen and oxygen atoms in total. The van der Waals surface area contributed by atoms with E-state index in [1.54, 1.807) is 18.2 Å². The van der Waals surface area contributed by atoms with Crippen molar-refractivity contribution < 1.29 is 9.47 Å². The van der Waals surface area contributed by atoms with Crippen LogP contribution in [0.4, 0.5) is 5.69 Å². The third-order valence-corrected chi connectivity index (χ3v) is 2.45. The van der Waals surface area contributed by atoms with Gasteiger partial charge in [-0.1, -0.05) is 11.6 Å². The Morgan fingerprint density at radius 1 is 1.50 bits per heavy atom. The second-order valence-electron chi connectivity index (χ2n) is 3.29. The molecule has 1 atom stereocenters. The molecule has 0 spiro atoms. The third kappa shape index (κ3) is 2.11. The van der Waals surface area contributed by atoms with Gasteiger partial charge in [-0.3, -0.25) is 0 Å². The van der Waals surface area contributed by atoms with Gasteiger partial charge in [0.25, 0.3) is 0 Å². The van der Waals surface area contributed by atoms with E-state index in [2.05, 4.69) is 0 Å². The Bertz CT molecular complexity index is 324. The van der Waals surface area contributed by atoms with Crippen LogP contribution in [0.1, 0.15) is 6.42 Å². The monoisotopic (exact) mass is 213 g/mol. The summed E-state index contributed by atoms with van der Waals surface area (Å²) in [4.78, 5) is 0.